The fraction of sp³-hybridized carbons (Fsp3) is 0.500. The maximum absolute atomic E-state index is 12.7. The Morgan fingerprint density at radius 1 is 1.25 bits per heavy atom. The Balaban J connectivity index is 1.85. The van der Waals surface area contributed by atoms with E-state index in [1.165, 1.54) is 0 Å². The number of aliphatic hydroxyl groups excluding tert-OH is 4. The first-order valence-electron chi connectivity index (χ1n) is 8.79. The van der Waals surface area contributed by atoms with Crippen LogP contribution in [0, 0.1) is 0 Å². The van der Waals surface area contributed by atoms with Gasteiger partial charge in [0.25, 0.3) is 0 Å². The monoisotopic (exact) mass is 397 g/mol. The predicted molar refractivity (Wildman–Crippen MR) is 94.2 cm³/mol. The molecule has 2 aromatic rings. The molecule has 0 bridgehead atoms. The third kappa shape index (κ3) is 3.76. The number of benzene rings is 1. The molecule has 28 heavy (non-hydrogen) atoms. The minimum atomic E-state index is -2.40. The van der Waals surface area contributed by atoms with Gasteiger partial charge in [0.1, 0.15) is 12.2 Å². The molecule has 1 aliphatic heterocycles. The number of para-hydroxylation sites is 1. The Bertz CT molecular complexity index is 822. The molecule has 154 valence electrons. The van der Waals surface area contributed by atoms with Crippen LogP contribution in [0.1, 0.15) is 12.1 Å². The predicted octanol–water partition coefficient (Wildman–Crippen LogP) is -1.23. The van der Waals surface area contributed by atoms with Crippen LogP contribution in [0.2, 0.25) is 0 Å². The van der Waals surface area contributed by atoms with Gasteiger partial charge in [-0.25, -0.2) is 4.79 Å². The van der Waals surface area contributed by atoms with Crippen LogP contribution in [0.15, 0.2) is 24.3 Å². The lowest BCUT2D eigenvalue weighted by molar-refractivity contribution is -0.246. The van der Waals surface area contributed by atoms with Gasteiger partial charge in [0.2, 0.25) is 5.79 Å². The molecular weight excluding hydrogens is 374 g/mol. The number of hydrogen-bond donors (Lipinski definition) is 6. The third-order valence-electron chi connectivity index (χ3n) is 4.57. The minimum Gasteiger partial charge on any atom is -0.422 e. The van der Waals surface area contributed by atoms with Crippen LogP contribution in [-0.4, -0.2) is 80.4 Å². The summed E-state index contributed by atoms with van der Waals surface area (Å²) in [6.45, 7) is -1.56. The summed E-state index contributed by atoms with van der Waals surface area (Å²) >= 11 is 0. The summed E-state index contributed by atoms with van der Waals surface area (Å²) in [6, 6.07) is 6.94. The Hall–Kier alpha value is -2.05. The van der Waals surface area contributed by atoms with Crippen molar-refractivity contribution in [2.24, 2.45) is 0 Å². The van der Waals surface area contributed by atoms with Gasteiger partial charge in [0, 0.05) is 24.1 Å². The van der Waals surface area contributed by atoms with Crippen molar-refractivity contribution in [3.63, 3.8) is 0 Å². The van der Waals surface area contributed by atoms with Crippen LogP contribution in [0.25, 0.3) is 10.9 Å². The van der Waals surface area contributed by atoms with Crippen LogP contribution in [0.3, 0.4) is 0 Å². The molecule has 4 atom stereocenters. The number of hydrogen-bond acceptors (Lipinski definition) is 9. The molecule has 1 fully saturated rings. The van der Waals surface area contributed by atoms with Crippen LogP contribution in [0.5, 0.6) is 5.75 Å². The van der Waals surface area contributed by atoms with E-state index in [4.69, 9.17) is 19.3 Å². The van der Waals surface area contributed by atoms with Crippen molar-refractivity contribution < 1.29 is 44.5 Å². The Morgan fingerprint density at radius 2 is 2.00 bits per heavy atom. The largest absolute Gasteiger partial charge is 0.422 e. The Kier molecular flexibility index (Phi) is 6.30. The van der Waals surface area contributed by atoms with E-state index in [0.29, 0.717) is 10.9 Å². The Morgan fingerprint density at radius 3 is 2.68 bits per heavy atom. The molecule has 10 nitrogen and oxygen atoms in total. The van der Waals surface area contributed by atoms with Gasteiger partial charge in [-0.15, -0.1) is 0 Å². The van der Waals surface area contributed by atoms with Gasteiger partial charge in [-0.1, -0.05) is 12.1 Å². The molecule has 1 saturated heterocycles. The molecule has 1 aromatic heterocycles. The fourth-order valence-corrected chi connectivity index (χ4v) is 3.11. The number of aromatic amines is 1. The van der Waals surface area contributed by atoms with E-state index in [0.717, 1.165) is 0 Å². The van der Waals surface area contributed by atoms with E-state index in [-0.39, 0.29) is 31.1 Å². The zero-order valence-electron chi connectivity index (χ0n) is 14.9. The first-order chi connectivity index (χ1) is 13.4. The van der Waals surface area contributed by atoms with Crippen molar-refractivity contribution in [1.29, 1.82) is 0 Å². The second-order valence-electron chi connectivity index (χ2n) is 6.46. The van der Waals surface area contributed by atoms with E-state index in [2.05, 4.69) is 4.98 Å². The normalized spacial score (nSPS) is 27.4. The van der Waals surface area contributed by atoms with Gasteiger partial charge >= 0.3 is 5.97 Å². The first kappa shape index (κ1) is 20.7. The summed E-state index contributed by atoms with van der Waals surface area (Å²) in [4.78, 5) is 15.7. The fourth-order valence-electron chi connectivity index (χ4n) is 3.11. The van der Waals surface area contributed by atoms with Crippen LogP contribution >= 0.6 is 0 Å². The number of fused-ring (bicyclic) bond motifs is 1. The second-order valence-corrected chi connectivity index (χ2v) is 6.46. The summed E-state index contributed by atoms with van der Waals surface area (Å²) in [5.41, 5.74) is 0.910. The highest BCUT2D eigenvalue weighted by Crippen LogP contribution is 2.35. The quantitative estimate of drug-likeness (QED) is 0.237. The lowest BCUT2D eigenvalue weighted by Crippen LogP contribution is -2.47. The van der Waals surface area contributed by atoms with Gasteiger partial charge in [-0.3, -0.25) is 0 Å². The van der Waals surface area contributed by atoms with E-state index in [1.807, 2.05) is 0 Å². The molecular formula is C18H23NO9. The highest BCUT2D eigenvalue weighted by molar-refractivity contribution is 5.91. The molecule has 2 heterocycles. The number of nitrogens with one attached hydrogen (secondary N) is 1. The van der Waals surface area contributed by atoms with Crippen LogP contribution in [0.4, 0.5) is 0 Å². The molecule has 6 N–H and O–H groups in total. The highest BCUT2D eigenvalue weighted by atomic mass is 16.7. The summed E-state index contributed by atoms with van der Waals surface area (Å²) in [5.74, 6) is -3.28. The summed E-state index contributed by atoms with van der Waals surface area (Å²) in [7, 11) is 0. The number of esters is 1. The number of carbonyl (C=O) groups excluding carboxylic acids is 1. The number of carbonyl (C=O) groups is 1. The Labute approximate surface area is 159 Å². The molecule has 0 aliphatic carbocycles. The summed E-state index contributed by atoms with van der Waals surface area (Å²) < 4.78 is 16.0. The molecule has 0 spiro atoms. The third-order valence-corrected chi connectivity index (χ3v) is 4.57. The van der Waals surface area contributed by atoms with E-state index in [9.17, 15) is 25.2 Å². The van der Waals surface area contributed by atoms with Gasteiger partial charge in [-0.2, -0.15) is 0 Å². The topological polar surface area (TPSA) is 162 Å². The smallest absolute Gasteiger partial charge is 0.343 e. The molecule has 1 aliphatic rings. The maximum Gasteiger partial charge on any atom is 0.343 e. The van der Waals surface area contributed by atoms with Crippen molar-refractivity contribution in [3.8, 4) is 5.75 Å². The second kappa shape index (κ2) is 8.53. The average Bonchev–Trinajstić information content (AvgIpc) is 3.18. The molecule has 0 amide bonds. The highest BCUT2D eigenvalue weighted by Gasteiger charge is 2.57. The molecule has 10 heteroatoms. The first-order valence-corrected chi connectivity index (χ1v) is 8.79. The molecule has 0 radical (unpaired) electrons. The average molecular weight is 397 g/mol. The van der Waals surface area contributed by atoms with Crippen LogP contribution < -0.4 is 4.74 Å². The minimum absolute atomic E-state index is 0.0121. The van der Waals surface area contributed by atoms with Gasteiger partial charge in [0.05, 0.1) is 18.9 Å². The summed E-state index contributed by atoms with van der Waals surface area (Å²) in [5, 5.41) is 48.8. The number of ether oxygens (including phenoxy) is 3. The number of aromatic nitrogens is 1. The van der Waals surface area contributed by atoms with Crippen LogP contribution in [-0.2, 0) is 20.9 Å². The summed E-state index contributed by atoms with van der Waals surface area (Å²) in [6.07, 6.45) is -4.33. The number of H-pyrrole nitrogens is 1. The number of aliphatic hydroxyl groups is 5. The standard InChI is InChI=1S/C18H23NO9/c20-6-3-7-26-14-15(28-18(25,9-22)16(14)23)17(24)27-13-10-4-1-2-5-11(10)19-12(13)8-21/h1-2,4-5,14-16,19-23,25H,3,6-9H2. The lowest BCUT2D eigenvalue weighted by Gasteiger charge is -2.23. The van der Waals surface area contributed by atoms with Crippen molar-refractivity contribution in [1.82, 2.24) is 4.98 Å². The maximum atomic E-state index is 12.7. The zero-order chi connectivity index (χ0) is 20.3. The van der Waals surface area contributed by atoms with Crippen molar-refractivity contribution in [2.45, 2.75) is 37.1 Å². The van der Waals surface area contributed by atoms with Gasteiger partial charge in [0.15, 0.2) is 11.9 Å². The van der Waals surface area contributed by atoms with E-state index in [1.54, 1.807) is 24.3 Å². The molecule has 1 aromatic carbocycles. The van der Waals surface area contributed by atoms with Gasteiger partial charge < -0.3 is 44.7 Å². The van der Waals surface area contributed by atoms with Crippen molar-refractivity contribution in [2.75, 3.05) is 19.8 Å². The molecule has 3 rings (SSSR count). The van der Waals surface area contributed by atoms with E-state index < -0.39 is 43.3 Å². The van der Waals surface area contributed by atoms with Crippen molar-refractivity contribution >= 4 is 16.9 Å². The molecule has 4 unspecified atom stereocenters. The molecule has 0 saturated carbocycles. The lowest BCUT2D eigenvalue weighted by atomic mass is 10.1. The number of rotatable bonds is 8. The van der Waals surface area contributed by atoms with Crippen molar-refractivity contribution in [3.05, 3.63) is 30.0 Å². The SMILES string of the molecule is O=C(Oc1c(CO)[nH]c2ccccc12)C1OC(O)(CO)C(O)C1OCCCO. The van der Waals surface area contributed by atoms with E-state index >= 15 is 0 Å². The van der Waals surface area contributed by atoms with Gasteiger partial charge in [-0.05, 0) is 18.6 Å². The zero-order valence-corrected chi connectivity index (χ0v) is 14.9.